The second-order valence-corrected chi connectivity index (χ2v) is 5.23. The largest absolute Gasteiger partial charge is 0.481 e. The molecule has 0 aromatic rings. The molecule has 2 atom stereocenters. The Bertz CT molecular complexity index is 323. The summed E-state index contributed by atoms with van der Waals surface area (Å²) in [6, 6.07) is 0.149. The van der Waals surface area contributed by atoms with E-state index in [1.54, 1.807) is 0 Å². The summed E-state index contributed by atoms with van der Waals surface area (Å²) in [5, 5.41) is 11.9. The Kier molecular flexibility index (Phi) is 4.22. The molecule has 2 rings (SSSR count). The second kappa shape index (κ2) is 5.69. The number of nitrogens with one attached hydrogen (secondary N) is 1. The van der Waals surface area contributed by atoms with Crippen LogP contribution in [0, 0.1) is 11.8 Å². The molecule has 1 amide bonds. The minimum atomic E-state index is -0.710. The number of carboxylic acids is 1. The lowest BCUT2D eigenvalue weighted by atomic mass is 9.86. The Balaban J connectivity index is 1.69. The maximum absolute atomic E-state index is 11.9. The number of hydrogen-bond donors (Lipinski definition) is 2. The molecular formula is C13H21NO4. The number of ether oxygens (including phenoxy) is 1. The van der Waals surface area contributed by atoms with Gasteiger partial charge in [0.05, 0.1) is 17.9 Å². The van der Waals surface area contributed by atoms with Crippen LogP contribution in [0.25, 0.3) is 0 Å². The van der Waals surface area contributed by atoms with Crippen molar-refractivity contribution in [1.29, 1.82) is 0 Å². The van der Waals surface area contributed by atoms with E-state index in [0.29, 0.717) is 19.4 Å². The van der Waals surface area contributed by atoms with Crippen molar-refractivity contribution in [3.8, 4) is 0 Å². The zero-order valence-corrected chi connectivity index (χ0v) is 10.7. The lowest BCUT2D eigenvalue weighted by Gasteiger charge is -2.26. The number of carbonyl (C=O) groups excluding carboxylic acids is 1. The first-order valence-electron chi connectivity index (χ1n) is 6.76. The van der Waals surface area contributed by atoms with Crippen LogP contribution in [0.1, 0.15) is 39.0 Å². The number of amides is 1. The van der Waals surface area contributed by atoms with E-state index in [2.05, 4.69) is 5.32 Å². The number of rotatable bonds is 5. The number of carboxylic acid groups (broad SMARTS) is 1. The number of hydrogen-bond acceptors (Lipinski definition) is 3. The van der Waals surface area contributed by atoms with Crippen LogP contribution in [0.3, 0.4) is 0 Å². The Morgan fingerprint density at radius 3 is 2.50 bits per heavy atom. The third kappa shape index (κ3) is 3.22. The first-order valence-corrected chi connectivity index (χ1v) is 6.76. The molecule has 2 saturated carbocycles. The van der Waals surface area contributed by atoms with E-state index in [0.717, 1.165) is 19.3 Å². The van der Waals surface area contributed by atoms with Gasteiger partial charge in [0.2, 0.25) is 5.91 Å². The highest BCUT2D eigenvalue weighted by atomic mass is 16.5. The van der Waals surface area contributed by atoms with Gasteiger partial charge in [-0.1, -0.05) is 0 Å². The van der Waals surface area contributed by atoms with Crippen LogP contribution in [0.2, 0.25) is 0 Å². The molecule has 2 fully saturated rings. The molecule has 2 N–H and O–H groups in total. The van der Waals surface area contributed by atoms with Gasteiger partial charge >= 0.3 is 5.97 Å². The first kappa shape index (κ1) is 13.3. The van der Waals surface area contributed by atoms with Gasteiger partial charge in [0.1, 0.15) is 0 Å². The second-order valence-electron chi connectivity index (χ2n) is 5.23. The predicted molar refractivity (Wildman–Crippen MR) is 65.0 cm³/mol. The Morgan fingerprint density at radius 2 is 1.94 bits per heavy atom. The van der Waals surface area contributed by atoms with E-state index in [9.17, 15) is 9.59 Å². The number of carbonyl (C=O) groups is 2. The summed E-state index contributed by atoms with van der Waals surface area (Å²) in [6.07, 6.45) is 3.80. The molecule has 0 aromatic carbocycles. The van der Waals surface area contributed by atoms with E-state index < -0.39 is 5.97 Å². The first-order chi connectivity index (χ1) is 8.61. The summed E-state index contributed by atoms with van der Waals surface area (Å²) in [5.41, 5.74) is 0. The number of aliphatic carboxylic acids is 1. The van der Waals surface area contributed by atoms with Gasteiger partial charge in [0.25, 0.3) is 0 Å². The summed E-state index contributed by atoms with van der Waals surface area (Å²) < 4.78 is 5.39. The highest BCUT2D eigenvalue weighted by Gasteiger charge is 2.44. The molecule has 102 valence electrons. The van der Waals surface area contributed by atoms with Gasteiger partial charge in [0.15, 0.2) is 0 Å². The molecule has 0 spiro atoms. The van der Waals surface area contributed by atoms with Crippen LogP contribution in [0.15, 0.2) is 0 Å². The van der Waals surface area contributed by atoms with Crippen LogP contribution in [0.4, 0.5) is 0 Å². The smallest absolute Gasteiger partial charge is 0.306 e. The zero-order valence-electron chi connectivity index (χ0n) is 10.7. The zero-order chi connectivity index (χ0) is 13.1. The molecule has 18 heavy (non-hydrogen) atoms. The summed E-state index contributed by atoms with van der Waals surface area (Å²) in [4.78, 5) is 22.7. The topological polar surface area (TPSA) is 75.6 Å². The minimum Gasteiger partial charge on any atom is -0.481 e. The Labute approximate surface area is 107 Å². The monoisotopic (exact) mass is 255 g/mol. The molecule has 0 aliphatic heterocycles. The molecule has 0 aromatic heterocycles. The summed E-state index contributed by atoms with van der Waals surface area (Å²) in [7, 11) is 0. The highest BCUT2D eigenvalue weighted by molar-refractivity contribution is 5.82. The lowest BCUT2D eigenvalue weighted by molar-refractivity contribution is -0.142. The maximum atomic E-state index is 11.9. The SMILES string of the molecule is CCO[C@H]1C[C@@H]1C(=O)NC1CCC(C(=O)O)CC1. The molecule has 0 saturated heterocycles. The van der Waals surface area contributed by atoms with E-state index in [-0.39, 0.29) is 29.9 Å². The summed E-state index contributed by atoms with van der Waals surface area (Å²) in [6.45, 7) is 2.58. The highest BCUT2D eigenvalue weighted by Crippen LogP contribution is 2.34. The van der Waals surface area contributed by atoms with Crippen molar-refractivity contribution in [2.45, 2.75) is 51.2 Å². The normalized spacial score (nSPS) is 34.9. The average molecular weight is 255 g/mol. The van der Waals surface area contributed by atoms with E-state index in [1.807, 2.05) is 6.92 Å². The maximum Gasteiger partial charge on any atom is 0.306 e. The standard InChI is InChI=1S/C13H21NO4/c1-2-18-11-7-10(11)12(15)14-9-5-3-8(4-6-9)13(16)17/h8-11H,2-7H2,1H3,(H,14,15)(H,16,17)/t8?,9?,10-,11-/m0/s1. The third-order valence-corrected chi connectivity index (χ3v) is 3.87. The van der Waals surface area contributed by atoms with Crippen LogP contribution in [-0.4, -0.2) is 35.7 Å². The molecule has 0 radical (unpaired) electrons. The molecule has 0 unspecified atom stereocenters. The Morgan fingerprint density at radius 1 is 1.28 bits per heavy atom. The van der Waals surface area contributed by atoms with Crippen LogP contribution >= 0.6 is 0 Å². The minimum absolute atomic E-state index is 0.0159. The van der Waals surface area contributed by atoms with Crippen molar-refractivity contribution in [3.63, 3.8) is 0 Å². The summed E-state index contributed by atoms with van der Waals surface area (Å²) >= 11 is 0. The predicted octanol–water partition coefficient (Wildman–Crippen LogP) is 1.17. The van der Waals surface area contributed by atoms with Gasteiger partial charge < -0.3 is 15.2 Å². The van der Waals surface area contributed by atoms with E-state index in [4.69, 9.17) is 9.84 Å². The van der Waals surface area contributed by atoms with Gasteiger partial charge in [0, 0.05) is 12.6 Å². The van der Waals surface area contributed by atoms with Crippen molar-refractivity contribution >= 4 is 11.9 Å². The van der Waals surface area contributed by atoms with Gasteiger partial charge in [-0.3, -0.25) is 9.59 Å². The van der Waals surface area contributed by atoms with Crippen molar-refractivity contribution in [3.05, 3.63) is 0 Å². The molecule has 0 bridgehead atoms. The fourth-order valence-corrected chi connectivity index (χ4v) is 2.64. The van der Waals surface area contributed by atoms with Crippen LogP contribution < -0.4 is 5.32 Å². The molecule has 5 nitrogen and oxygen atoms in total. The quantitative estimate of drug-likeness (QED) is 0.773. The van der Waals surface area contributed by atoms with Gasteiger partial charge in [-0.05, 0) is 39.0 Å². The fraction of sp³-hybridized carbons (Fsp3) is 0.846. The van der Waals surface area contributed by atoms with Crippen molar-refractivity contribution in [2.24, 2.45) is 11.8 Å². The molecular weight excluding hydrogens is 234 g/mol. The Hall–Kier alpha value is -1.10. The van der Waals surface area contributed by atoms with Gasteiger partial charge in [-0.25, -0.2) is 0 Å². The van der Waals surface area contributed by atoms with E-state index >= 15 is 0 Å². The van der Waals surface area contributed by atoms with Crippen LogP contribution in [-0.2, 0) is 14.3 Å². The molecule has 2 aliphatic rings. The molecule has 5 heteroatoms. The lowest BCUT2D eigenvalue weighted by Crippen LogP contribution is -2.40. The van der Waals surface area contributed by atoms with Crippen LogP contribution in [0.5, 0.6) is 0 Å². The molecule has 0 heterocycles. The van der Waals surface area contributed by atoms with E-state index in [1.165, 1.54) is 0 Å². The van der Waals surface area contributed by atoms with Gasteiger partial charge in [-0.15, -0.1) is 0 Å². The average Bonchev–Trinajstić information content (AvgIpc) is 3.10. The fourth-order valence-electron chi connectivity index (χ4n) is 2.64. The van der Waals surface area contributed by atoms with Crippen molar-refractivity contribution in [2.75, 3.05) is 6.61 Å². The van der Waals surface area contributed by atoms with Crippen molar-refractivity contribution < 1.29 is 19.4 Å². The van der Waals surface area contributed by atoms with Crippen molar-refractivity contribution in [1.82, 2.24) is 5.32 Å². The van der Waals surface area contributed by atoms with Gasteiger partial charge in [-0.2, -0.15) is 0 Å². The summed E-state index contributed by atoms with van der Waals surface area (Å²) in [5.74, 6) is -0.844. The molecule has 2 aliphatic carbocycles. The third-order valence-electron chi connectivity index (χ3n) is 3.87.